The molecular weight excluding hydrogens is 200 g/mol. The number of rotatable bonds is 2. The number of aromatic nitrogens is 1. The van der Waals surface area contributed by atoms with E-state index < -0.39 is 0 Å². The van der Waals surface area contributed by atoms with Crippen LogP contribution >= 0.6 is 0 Å². The summed E-state index contributed by atoms with van der Waals surface area (Å²) in [5.41, 5.74) is 2.08. The maximum absolute atomic E-state index is 9.35. The van der Waals surface area contributed by atoms with E-state index in [0.29, 0.717) is 6.04 Å². The molecular formula is C13H20N2O. The van der Waals surface area contributed by atoms with Gasteiger partial charge in [0.15, 0.2) is 0 Å². The molecule has 1 aromatic rings. The lowest BCUT2D eigenvalue weighted by Gasteiger charge is -2.39. The largest absolute Gasteiger partial charge is 0.392 e. The third kappa shape index (κ3) is 2.19. The van der Waals surface area contributed by atoms with E-state index in [4.69, 9.17) is 0 Å². The molecule has 2 atom stereocenters. The molecule has 1 N–H and O–H groups in total. The molecule has 1 fully saturated rings. The fraction of sp³-hybridized carbons (Fsp3) is 0.615. The van der Waals surface area contributed by atoms with Crippen molar-refractivity contribution >= 4 is 5.69 Å². The van der Waals surface area contributed by atoms with Gasteiger partial charge in [-0.3, -0.25) is 4.98 Å². The Kier molecular flexibility index (Phi) is 3.44. The summed E-state index contributed by atoms with van der Waals surface area (Å²) in [7, 11) is 0. The smallest absolute Gasteiger partial charge is 0.0703 e. The normalized spacial score (nSPS) is 25.8. The molecule has 0 saturated carbocycles. The van der Waals surface area contributed by atoms with Crippen LogP contribution in [0.2, 0.25) is 0 Å². The standard InChI is InChI=1S/C13H20N2O/c1-10-3-4-11(2)15(8-10)13-7-14-6-5-12(13)9-16/h5-7,10-11,16H,3-4,8-9H2,1-2H3. The number of aliphatic hydroxyl groups excluding tert-OH is 1. The van der Waals surface area contributed by atoms with Gasteiger partial charge < -0.3 is 10.0 Å². The fourth-order valence-electron chi connectivity index (χ4n) is 2.43. The van der Waals surface area contributed by atoms with Crippen molar-refractivity contribution in [3.05, 3.63) is 24.0 Å². The summed E-state index contributed by atoms with van der Waals surface area (Å²) in [6, 6.07) is 2.45. The van der Waals surface area contributed by atoms with E-state index in [2.05, 4.69) is 23.7 Å². The lowest BCUT2D eigenvalue weighted by molar-refractivity contribution is 0.281. The molecule has 1 saturated heterocycles. The Labute approximate surface area is 97.1 Å². The average molecular weight is 220 g/mol. The molecule has 0 amide bonds. The predicted molar refractivity (Wildman–Crippen MR) is 65.4 cm³/mol. The summed E-state index contributed by atoms with van der Waals surface area (Å²) in [6.07, 6.45) is 6.14. The zero-order valence-corrected chi connectivity index (χ0v) is 10.1. The highest BCUT2D eigenvalue weighted by atomic mass is 16.3. The van der Waals surface area contributed by atoms with Crippen LogP contribution in [0.3, 0.4) is 0 Å². The Morgan fingerprint density at radius 3 is 3.00 bits per heavy atom. The molecule has 0 aliphatic carbocycles. The van der Waals surface area contributed by atoms with Crippen LogP contribution in [-0.4, -0.2) is 22.7 Å². The molecule has 2 heterocycles. The van der Waals surface area contributed by atoms with E-state index in [0.717, 1.165) is 23.7 Å². The second kappa shape index (κ2) is 4.83. The van der Waals surface area contributed by atoms with E-state index in [9.17, 15) is 5.11 Å². The van der Waals surface area contributed by atoms with E-state index in [1.165, 1.54) is 12.8 Å². The number of anilines is 1. The summed E-state index contributed by atoms with van der Waals surface area (Å²) >= 11 is 0. The van der Waals surface area contributed by atoms with Crippen molar-refractivity contribution in [2.24, 2.45) is 5.92 Å². The molecule has 0 spiro atoms. The van der Waals surface area contributed by atoms with Gasteiger partial charge in [-0.2, -0.15) is 0 Å². The second-order valence-corrected chi connectivity index (χ2v) is 4.85. The zero-order valence-electron chi connectivity index (χ0n) is 10.1. The number of pyridine rings is 1. The zero-order chi connectivity index (χ0) is 11.5. The third-order valence-corrected chi connectivity index (χ3v) is 3.49. The third-order valence-electron chi connectivity index (χ3n) is 3.49. The van der Waals surface area contributed by atoms with Crippen molar-refractivity contribution in [1.82, 2.24) is 4.98 Å². The van der Waals surface area contributed by atoms with Crippen molar-refractivity contribution in [1.29, 1.82) is 0 Å². The SMILES string of the molecule is CC1CCC(C)N(c2cnccc2CO)C1. The first kappa shape index (κ1) is 11.4. The van der Waals surface area contributed by atoms with Gasteiger partial charge in [0.25, 0.3) is 0 Å². The van der Waals surface area contributed by atoms with Gasteiger partial charge in [-0.1, -0.05) is 6.92 Å². The Morgan fingerprint density at radius 1 is 1.44 bits per heavy atom. The number of aliphatic hydroxyl groups is 1. The van der Waals surface area contributed by atoms with Crippen LogP contribution in [-0.2, 0) is 6.61 Å². The number of piperidine rings is 1. The van der Waals surface area contributed by atoms with Gasteiger partial charge in [0, 0.05) is 24.3 Å². The van der Waals surface area contributed by atoms with Crippen LogP contribution in [0.5, 0.6) is 0 Å². The van der Waals surface area contributed by atoms with Crippen molar-refractivity contribution in [2.45, 2.75) is 39.3 Å². The van der Waals surface area contributed by atoms with E-state index in [1.54, 1.807) is 6.20 Å². The van der Waals surface area contributed by atoms with E-state index >= 15 is 0 Å². The Hall–Kier alpha value is -1.09. The molecule has 16 heavy (non-hydrogen) atoms. The fourth-order valence-corrected chi connectivity index (χ4v) is 2.43. The van der Waals surface area contributed by atoms with Gasteiger partial charge in [-0.05, 0) is 31.7 Å². The molecule has 1 aliphatic rings. The lowest BCUT2D eigenvalue weighted by atomic mass is 9.94. The lowest BCUT2D eigenvalue weighted by Crippen LogP contribution is -2.41. The molecule has 1 aromatic heterocycles. The van der Waals surface area contributed by atoms with Crippen molar-refractivity contribution in [3.8, 4) is 0 Å². The molecule has 3 nitrogen and oxygen atoms in total. The summed E-state index contributed by atoms with van der Waals surface area (Å²) in [5.74, 6) is 0.725. The van der Waals surface area contributed by atoms with Gasteiger partial charge in [0.2, 0.25) is 0 Å². The van der Waals surface area contributed by atoms with Crippen LogP contribution in [0.25, 0.3) is 0 Å². The highest BCUT2D eigenvalue weighted by molar-refractivity contribution is 5.52. The number of hydrogen-bond acceptors (Lipinski definition) is 3. The molecule has 2 rings (SSSR count). The van der Waals surface area contributed by atoms with Crippen LogP contribution in [0.15, 0.2) is 18.5 Å². The van der Waals surface area contributed by atoms with E-state index in [1.807, 2.05) is 12.3 Å². The molecule has 0 radical (unpaired) electrons. The highest BCUT2D eigenvalue weighted by Gasteiger charge is 2.24. The molecule has 2 unspecified atom stereocenters. The Bertz CT molecular complexity index is 354. The van der Waals surface area contributed by atoms with Crippen LogP contribution in [0.1, 0.15) is 32.3 Å². The highest BCUT2D eigenvalue weighted by Crippen LogP contribution is 2.29. The Morgan fingerprint density at radius 2 is 2.25 bits per heavy atom. The molecule has 1 aliphatic heterocycles. The van der Waals surface area contributed by atoms with Crippen LogP contribution in [0, 0.1) is 5.92 Å². The minimum absolute atomic E-state index is 0.0927. The van der Waals surface area contributed by atoms with Gasteiger partial charge >= 0.3 is 0 Å². The van der Waals surface area contributed by atoms with Crippen molar-refractivity contribution in [3.63, 3.8) is 0 Å². The first-order chi connectivity index (χ1) is 7.72. The molecule has 3 heteroatoms. The maximum Gasteiger partial charge on any atom is 0.0703 e. The van der Waals surface area contributed by atoms with Gasteiger partial charge in [-0.25, -0.2) is 0 Å². The Balaban J connectivity index is 2.27. The van der Waals surface area contributed by atoms with Gasteiger partial charge in [0.05, 0.1) is 18.5 Å². The molecule has 0 aromatic carbocycles. The van der Waals surface area contributed by atoms with Crippen LogP contribution < -0.4 is 4.90 Å². The first-order valence-corrected chi connectivity index (χ1v) is 6.02. The van der Waals surface area contributed by atoms with Gasteiger partial charge in [-0.15, -0.1) is 0 Å². The monoisotopic (exact) mass is 220 g/mol. The molecule has 88 valence electrons. The minimum atomic E-state index is 0.0927. The van der Waals surface area contributed by atoms with E-state index in [-0.39, 0.29) is 6.61 Å². The first-order valence-electron chi connectivity index (χ1n) is 6.02. The topological polar surface area (TPSA) is 36.4 Å². The number of nitrogens with zero attached hydrogens (tertiary/aromatic N) is 2. The molecule has 0 bridgehead atoms. The summed E-state index contributed by atoms with van der Waals surface area (Å²) < 4.78 is 0. The average Bonchev–Trinajstić information content (AvgIpc) is 2.32. The second-order valence-electron chi connectivity index (χ2n) is 4.85. The summed E-state index contributed by atoms with van der Waals surface area (Å²) in [4.78, 5) is 6.56. The van der Waals surface area contributed by atoms with Crippen molar-refractivity contribution in [2.75, 3.05) is 11.4 Å². The van der Waals surface area contributed by atoms with Gasteiger partial charge in [0.1, 0.15) is 0 Å². The quantitative estimate of drug-likeness (QED) is 0.830. The summed E-state index contributed by atoms with van der Waals surface area (Å²) in [5, 5.41) is 9.35. The maximum atomic E-state index is 9.35. The minimum Gasteiger partial charge on any atom is -0.392 e. The van der Waals surface area contributed by atoms with Crippen molar-refractivity contribution < 1.29 is 5.11 Å². The van der Waals surface area contributed by atoms with Crippen LogP contribution in [0.4, 0.5) is 5.69 Å². The predicted octanol–water partition coefficient (Wildman–Crippen LogP) is 2.20. The number of hydrogen-bond donors (Lipinski definition) is 1. The summed E-state index contributed by atoms with van der Waals surface area (Å²) in [6.45, 7) is 5.70.